The van der Waals surface area contributed by atoms with E-state index in [-0.39, 0.29) is 0 Å². The Bertz CT molecular complexity index is 474. The first-order valence-corrected chi connectivity index (χ1v) is 7.04. The van der Waals surface area contributed by atoms with Gasteiger partial charge in [-0.3, -0.25) is 4.68 Å². The van der Waals surface area contributed by atoms with Crippen molar-refractivity contribution in [2.45, 2.75) is 26.8 Å². The number of aromatic nitrogens is 2. The summed E-state index contributed by atoms with van der Waals surface area (Å²) >= 11 is 0. The zero-order chi connectivity index (χ0) is 13.5. The molecule has 102 valence electrons. The number of hydrogen-bond acceptors (Lipinski definition) is 2. The fourth-order valence-electron chi connectivity index (χ4n) is 2.02. The van der Waals surface area contributed by atoms with Crippen LogP contribution in [0.25, 0.3) is 11.1 Å². The van der Waals surface area contributed by atoms with Crippen molar-refractivity contribution in [2.24, 2.45) is 5.92 Å². The van der Waals surface area contributed by atoms with Crippen LogP contribution in [0.1, 0.15) is 20.3 Å². The highest BCUT2D eigenvalue weighted by molar-refractivity contribution is 5.61. The second kappa shape index (κ2) is 7.10. The third-order valence-corrected chi connectivity index (χ3v) is 3.03. The fraction of sp³-hybridized carbons (Fsp3) is 0.438. The van der Waals surface area contributed by atoms with Crippen molar-refractivity contribution in [2.75, 3.05) is 13.1 Å². The summed E-state index contributed by atoms with van der Waals surface area (Å²) in [5, 5.41) is 7.87. The van der Waals surface area contributed by atoms with Gasteiger partial charge in [-0.1, -0.05) is 44.2 Å². The topological polar surface area (TPSA) is 29.9 Å². The van der Waals surface area contributed by atoms with Crippen LogP contribution < -0.4 is 5.32 Å². The number of hydrogen-bond donors (Lipinski definition) is 1. The largest absolute Gasteiger partial charge is 0.316 e. The molecule has 0 unspecified atom stereocenters. The third kappa shape index (κ3) is 4.52. The molecule has 0 saturated heterocycles. The molecule has 19 heavy (non-hydrogen) atoms. The second-order valence-corrected chi connectivity index (χ2v) is 5.31. The van der Waals surface area contributed by atoms with E-state index in [4.69, 9.17) is 0 Å². The van der Waals surface area contributed by atoms with E-state index < -0.39 is 0 Å². The molecule has 1 aromatic carbocycles. The molecule has 0 bridgehead atoms. The van der Waals surface area contributed by atoms with Gasteiger partial charge in [-0.05, 0) is 31.0 Å². The van der Waals surface area contributed by atoms with Crippen molar-refractivity contribution in [3.05, 3.63) is 42.7 Å². The minimum Gasteiger partial charge on any atom is -0.316 e. The molecule has 1 heterocycles. The Balaban J connectivity index is 1.78. The van der Waals surface area contributed by atoms with E-state index in [1.165, 1.54) is 11.1 Å². The predicted molar refractivity (Wildman–Crippen MR) is 80.0 cm³/mol. The van der Waals surface area contributed by atoms with Crippen molar-refractivity contribution in [1.29, 1.82) is 0 Å². The summed E-state index contributed by atoms with van der Waals surface area (Å²) in [6, 6.07) is 10.4. The van der Waals surface area contributed by atoms with Gasteiger partial charge in [0, 0.05) is 18.3 Å². The Morgan fingerprint density at radius 2 is 1.95 bits per heavy atom. The van der Waals surface area contributed by atoms with Crippen molar-refractivity contribution in [1.82, 2.24) is 15.1 Å². The van der Waals surface area contributed by atoms with Crippen molar-refractivity contribution < 1.29 is 0 Å². The van der Waals surface area contributed by atoms with Crippen molar-refractivity contribution in [3.63, 3.8) is 0 Å². The standard InChI is InChI=1S/C16H23N3/c1-14(2)11-17-9-6-10-19-13-16(12-18-19)15-7-4-3-5-8-15/h3-5,7-8,12-14,17H,6,9-11H2,1-2H3. The van der Waals surface area contributed by atoms with Gasteiger partial charge < -0.3 is 5.32 Å². The molecule has 0 aliphatic heterocycles. The molecule has 0 radical (unpaired) electrons. The first kappa shape index (κ1) is 13.8. The maximum absolute atomic E-state index is 4.41. The van der Waals surface area contributed by atoms with E-state index in [1.54, 1.807) is 0 Å². The minimum absolute atomic E-state index is 0.717. The molecule has 3 heteroatoms. The van der Waals surface area contributed by atoms with Gasteiger partial charge in [0.25, 0.3) is 0 Å². The van der Waals surface area contributed by atoms with Crippen LogP contribution in [-0.4, -0.2) is 22.9 Å². The average molecular weight is 257 g/mol. The molecule has 2 rings (SSSR count). The van der Waals surface area contributed by atoms with Crippen LogP contribution in [0.5, 0.6) is 0 Å². The molecule has 0 aliphatic carbocycles. The van der Waals surface area contributed by atoms with Gasteiger partial charge in [0.05, 0.1) is 6.20 Å². The van der Waals surface area contributed by atoms with Crippen LogP contribution >= 0.6 is 0 Å². The van der Waals surface area contributed by atoms with Gasteiger partial charge in [-0.15, -0.1) is 0 Å². The summed E-state index contributed by atoms with van der Waals surface area (Å²) in [6.45, 7) is 7.57. The lowest BCUT2D eigenvalue weighted by Crippen LogP contribution is -2.21. The first-order valence-electron chi connectivity index (χ1n) is 7.04. The van der Waals surface area contributed by atoms with E-state index in [0.29, 0.717) is 0 Å². The van der Waals surface area contributed by atoms with Crippen LogP contribution in [0.15, 0.2) is 42.7 Å². The predicted octanol–water partition coefficient (Wildman–Crippen LogP) is 3.19. The lowest BCUT2D eigenvalue weighted by atomic mass is 10.1. The average Bonchev–Trinajstić information content (AvgIpc) is 2.88. The summed E-state index contributed by atoms with van der Waals surface area (Å²) < 4.78 is 2.03. The Morgan fingerprint density at radius 3 is 2.68 bits per heavy atom. The van der Waals surface area contributed by atoms with Crippen molar-refractivity contribution in [3.8, 4) is 11.1 Å². The summed E-state index contributed by atoms with van der Waals surface area (Å²) in [6.07, 6.45) is 5.18. The number of nitrogens with zero attached hydrogens (tertiary/aromatic N) is 2. The number of rotatable bonds is 7. The third-order valence-electron chi connectivity index (χ3n) is 3.03. The molecule has 0 spiro atoms. The maximum Gasteiger partial charge on any atom is 0.0568 e. The highest BCUT2D eigenvalue weighted by atomic mass is 15.3. The van der Waals surface area contributed by atoms with E-state index in [2.05, 4.69) is 54.7 Å². The normalized spacial score (nSPS) is 11.1. The summed E-state index contributed by atoms with van der Waals surface area (Å²) in [7, 11) is 0. The molecule has 2 aromatic rings. The smallest absolute Gasteiger partial charge is 0.0568 e. The molecule has 0 atom stereocenters. The molecular weight excluding hydrogens is 234 g/mol. The highest BCUT2D eigenvalue weighted by Crippen LogP contribution is 2.17. The molecule has 0 aliphatic rings. The van der Waals surface area contributed by atoms with Crippen LogP contribution in [-0.2, 0) is 6.54 Å². The second-order valence-electron chi connectivity index (χ2n) is 5.31. The lowest BCUT2D eigenvalue weighted by Gasteiger charge is -2.07. The molecule has 3 nitrogen and oxygen atoms in total. The Labute approximate surface area is 115 Å². The van der Waals surface area contributed by atoms with E-state index in [9.17, 15) is 0 Å². The van der Waals surface area contributed by atoms with Gasteiger partial charge in [0.15, 0.2) is 0 Å². The van der Waals surface area contributed by atoms with Crippen LogP contribution in [0.4, 0.5) is 0 Å². The number of nitrogens with one attached hydrogen (secondary N) is 1. The SMILES string of the molecule is CC(C)CNCCCn1cc(-c2ccccc2)cn1. The molecule has 0 fully saturated rings. The van der Waals surface area contributed by atoms with Crippen LogP contribution in [0.3, 0.4) is 0 Å². The van der Waals surface area contributed by atoms with Gasteiger partial charge in [-0.25, -0.2) is 0 Å². The zero-order valence-electron chi connectivity index (χ0n) is 11.8. The van der Waals surface area contributed by atoms with Gasteiger partial charge in [0.1, 0.15) is 0 Å². The van der Waals surface area contributed by atoms with Crippen LogP contribution in [0, 0.1) is 5.92 Å². The molecule has 0 amide bonds. The molecule has 0 saturated carbocycles. The maximum atomic E-state index is 4.41. The Kier molecular flexibility index (Phi) is 5.16. The van der Waals surface area contributed by atoms with Crippen LogP contribution in [0.2, 0.25) is 0 Å². The summed E-state index contributed by atoms with van der Waals surface area (Å²) in [4.78, 5) is 0. The van der Waals surface area contributed by atoms with E-state index in [0.717, 1.165) is 32.0 Å². The molecular formula is C16H23N3. The summed E-state index contributed by atoms with van der Waals surface area (Å²) in [5.74, 6) is 0.717. The van der Waals surface area contributed by atoms with E-state index in [1.807, 2.05) is 16.9 Å². The quantitative estimate of drug-likeness (QED) is 0.772. The first-order chi connectivity index (χ1) is 9.25. The minimum atomic E-state index is 0.717. The van der Waals surface area contributed by atoms with E-state index >= 15 is 0 Å². The fourth-order valence-corrected chi connectivity index (χ4v) is 2.02. The van der Waals surface area contributed by atoms with Gasteiger partial charge in [0.2, 0.25) is 0 Å². The van der Waals surface area contributed by atoms with Gasteiger partial charge >= 0.3 is 0 Å². The number of aryl methyl sites for hydroxylation is 1. The monoisotopic (exact) mass is 257 g/mol. The Hall–Kier alpha value is -1.61. The summed E-state index contributed by atoms with van der Waals surface area (Å²) in [5.41, 5.74) is 2.42. The Morgan fingerprint density at radius 1 is 1.16 bits per heavy atom. The molecule has 1 N–H and O–H groups in total. The lowest BCUT2D eigenvalue weighted by molar-refractivity contribution is 0.506. The van der Waals surface area contributed by atoms with Gasteiger partial charge in [-0.2, -0.15) is 5.10 Å². The molecule has 1 aromatic heterocycles. The highest BCUT2D eigenvalue weighted by Gasteiger charge is 2.00. The zero-order valence-corrected chi connectivity index (χ0v) is 11.8. The number of benzene rings is 1. The van der Waals surface area contributed by atoms with Crippen molar-refractivity contribution >= 4 is 0 Å².